The van der Waals surface area contributed by atoms with E-state index in [4.69, 9.17) is 0 Å². The average molecular weight is 370 g/mol. The first kappa shape index (κ1) is 18.5. The SMILES string of the molecule is O=C(Cc1ccccc1)N1CCCC(C(=O)N2CCC(N3CCCC3)C2)C1. The van der Waals surface area contributed by atoms with Gasteiger partial charge in [0.15, 0.2) is 0 Å². The van der Waals surface area contributed by atoms with Gasteiger partial charge in [0, 0.05) is 32.2 Å². The van der Waals surface area contributed by atoms with Crippen molar-refractivity contribution in [1.82, 2.24) is 14.7 Å². The Hall–Kier alpha value is -1.88. The standard InChI is InChI=1S/C22H31N3O2/c26-21(15-18-7-2-1-3-8-18)24-13-6-9-19(16-24)22(27)25-14-10-20(17-25)23-11-4-5-12-23/h1-3,7-8,19-20H,4-6,9-17H2. The maximum Gasteiger partial charge on any atom is 0.227 e. The van der Waals surface area contributed by atoms with E-state index in [1.807, 2.05) is 35.2 Å². The Balaban J connectivity index is 1.31. The van der Waals surface area contributed by atoms with Gasteiger partial charge in [-0.2, -0.15) is 0 Å². The second kappa shape index (κ2) is 8.42. The van der Waals surface area contributed by atoms with Crippen LogP contribution in [0.15, 0.2) is 30.3 Å². The molecule has 2 atom stereocenters. The summed E-state index contributed by atoms with van der Waals surface area (Å²) < 4.78 is 0. The summed E-state index contributed by atoms with van der Waals surface area (Å²) in [6.07, 6.45) is 5.98. The zero-order valence-electron chi connectivity index (χ0n) is 16.2. The Morgan fingerprint density at radius 1 is 0.852 bits per heavy atom. The summed E-state index contributed by atoms with van der Waals surface area (Å²) in [6.45, 7) is 5.53. The second-order valence-electron chi connectivity index (χ2n) is 8.31. The van der Waals surface area contributed by atoms with E-state index in [1.165, 1.54) is 25.9 Å². The quantitative estimate of drug-likeness (QED) is 0.817. The van der Waals surface area contributed by atoms with Crippen LogP contribution < -0.4 is 0 Å². The zero-order valence-corrected chi connectivity index (χ0v) is 16.2. The predicted octanol–water partition coefficient (Wildman–Crippen LogP) is 2.16. The lowest BCUT2D eigenvalue weighted by atomic mass is 9.96. The Bertz CT molecular complexity index is 657. The van der Waals surface area contributed by atoms with Gasteiger partial charge in [-0.25, -0.2) is 0 Å². The highest BCUT2D eigenvalue weighted by molar-refractivity contribution is 5.82. The maximum atomic E-state index is 13.1. The van der Waals surface area contributed by atoms with Gasteiger partial charge in [-0.3, -0.25) is 14.5 Å². The smallest absolute Gasteiger partial charge is 0.227 e. The molecule has 146 valence electrons. The van der Waals surface area contributed by atoms with Crippen molar-refractivity contribution in [3.63, 3.8) is 0 Å². The molecule has 1 aromatic carbocycles. The van der Waals surface area contributed by atoms with Crippen molar-refractivity contribution in [1.29, 1.82) is 0 Å². The highest BCUT2D eigenvalue weighted by atomic mass is 16.2. The van der Waals surface area contributed by atoms with Gasteiger partial charge in [-0.05, 0) is 50.8 Å². The number of rotatable bonds is 4. The first-order valence-electron chi connectivity index (χ1n) is 10.6. The van der Waals surface area contributed by atoms with E-state index in [2.05, 4.69) is 9.80 Å². The maximum absolute atomic E-state index is 13.1. The van der Waals surface area contributed by atoms with Crippen molar-refractivity contribution >= 4 is 11.8 Å². The normalized spacial score (nSPS) is 26.5. The fourth-order valence-corrected chi connectivity index (χ4v) is 4.89. The van der Waals surface area contributed by atoms with Gasteiger partial charge in [0.1, 0.15) is 0 Å². The van der Waals surface area contributed by atoms with Crippen LogP contribution in [0.4, 0.5) is 0 Å². The number of piperidine rings is 1. The van der Waals surface area contributed by atoms with Gasteiger partial charge in [-0.1, -0.05) is 30.3 Å². The third kappa shape index (κ3) is 4.34. The second-order valence-corrected chi connectivity index (χ2v) is 8.31. The summed E-state index contributed by atoms with van der Waals surface area (Å²) in [5.74, 6) is 0.403. The van der Waals surface area contributed by atoms with Crippen LogP contribution in [0.1, 0.15) is 37.7 Å². The van der Waals surface area contributed by atoms with Crippen LogP contribution in [-0.4, -0.2) is 71.8 Å². The average Bonchev–Trinajstić information content (AvgIpc) is 3.40. The van der Waals surface area contributed by atoms with Crippen molar-refractivity contribution in [3.05, 3.63) is 35.9 Å². The molecule has 5 heteroatoms. The van der Waals surface area contributed by atoms with Crippen molar-refractivity contribution in [2.45, 2.75) is 44.6 Å². The van der Waals surface area contributed by atoms with Crippen molar-refractivity contribution in [2.24, 2.45) is 5.92 Å². The molecule has 0 spiro atoms. The van der Waals surface area contributed by atoms with Crippen molar-refractivity contribution in [2.75, 3.05) is 39.3 Å². The van der Waals surface area contributed by atoms with E-state index < -0.39 is 0 Å². The number of likely N-dealkylation sites (tertiary alicyclic amines) is 3. The van der Waals surface area contributed by atoms with Gasteiger partial charge in [0.2, 0.25) is 11.8 Å². The fraction of sp³-hybridized carbons (Fsp3) is 0.636. The summed E-state index contributed by atoms with van der Waals surface area (Å²) in [6, 6.07) is 10.4. The molecule has 27 heavy (non-hydrogen) atoms. The summed E-state index contributed by atoms with van der Waals surface area (Å²) >= 11 is 0. The monoisotopic (exact) mass is 369 g/mol. The van der Waals surface area contributed by atoms with Crippen LogP contribution >= 0.6 is 0 Å². The first-order valence-corrected chi connectivity index (χ1v) is 10.6. The Kier molecular flexibility index (Phi) is 5.77. The largest absolute Gasteiger partial charge is 0.342 e. The number of hydrogen-bond acceptors (Lipinski definition) is 3. The zero-order chi connectivity index (χ0) is 18.6. The highest BCUT2D eigenvalue weighted by Gasteiger charge is 2.36. The molecule has 0 radical (unpaired) electrons. The van der Waals surface area contributed by atoms with E-state index in [1.54, 1.807) is 0 Å². The van der Waals surface area contributed by atoms with E-state index in [-0.39, 0.29) is 17.7 Å². The number of hydrogen-bond donors (Lipinski definition) is 0. The minimum Gasteiger partial charge on any atom is -0.342 e. The van der Waals surface area contributed by atoms with Crippen molar-refractivity contribution < 1.29 is 9.59 Å². The Morgan fingerprint density at radius 2 is 1.63 bits per heavy atom. The topological polar surface area (TPSA) is 43.9 Å². The van der Waals surface area contributed by atoms with Crippen LogP contribution in [0, 0.1) is 5.92 Å². The third-order valence-electron chi connectivity index (χ3n) is 6.45. The lowest BCUT2D eigenvalue weighted by Gasteiger charge is -2.34. The van der Waals surface area contributed by atoms with E-state index in [0.29, 0.717) is 19.0 Å². The molecule has 3 heterocycles. The molecular weight excluding hydrogens is 338 g/mol. The van der Waals surface area contributed by atoms with E-state index in [0.717, 1.165) is 44.5 Å². The molecule has 3 saturated heterocycles. The van der Waals surface area contributed by atoms with Gasteiger partial charge in [0.05, 0.1) is 12.3 Å². The number of amides is 2. The molecule has 5 nitrogen and oxygen atoms in total. The Labute approximate surface area is 162 Å². The van der Waals surface area contributed by atoms with Crippen LogP contribution in [-0.2, 0) is 16.0 Å². The molecule has 0 N–H and O–H groups in total. The molecule has 4 rings (SSSR count). The number of carbonyl (C=O) groups excluding carboxylic acids is 2. The summed E-state index contributed by atoms with van der Waals surface area (Å²) in [5.41, 5.74) is 1.05. The molecule has 3 aliphatic heterocycles. The third-order valence-corrected chi connectivity index (χ3v) is 6.45. The van der Waals surface area contributed by atoms with Gasteiger partial charge in [-0.15, -0.1) is 0 Å². The molecule has 0 aliphatic carbocycles. The van der Waals surface area contributed by atoms with Gasteiger partial charge < -0.3 is 9.80 Å². The van der Waals surface area contributed by atoms with Crippen LogP contribution in [0.5, 0.6) is 0 Å². The fourth-order valence-electron chi connectivity index (χ4n) is 4.89. The molecule has 1 aromatic rings. The summed E-state index contributed by atoms with van der Waals surface area (Å²) in [7, 11) is 0. The van der Waals surface area contributed by atoms with Crippen LogP contribution in [0.2, 0.25) is 0 Å². The summed E-state index contributed by atoms with van der Waals surface area (Å²) in [5, 5.41) is 0. The lowest BCUT2D eigenvalue weighted by Crippen LogP contribution is -2.47. The molecule has 3 aliphatic rings. The summed E-state index contributed by atoms with van der Waals surface area (Å²) in [4.78, 5) is 32.3. The number of nitrogens with zero attached hydrogens (tertiary/aromatic N) is 3. The highest BCUT2D eigenvalue weighted by Crippen LogP contribution is 2.25. The van der Waals surface area contributed by atoms with Crippen LogP contribution in [0.25, 0.3) is 0 Å². The molecular formula is C22H31N3O2. The molecule has 2 amide bonds. The molecule has 3 fully saturated rings. The predicted molar refractivity (Wildman–Crippen MR) is 105 cm³/mol. The van der Waals surface area contributed by atoms with Crippen molar-refractivity contribution in [3.8, 4) is 0 Å². The minimum atomic E-state index is -0.0178. The lowest BCUT2D eigenvalue weighted by molar-refractivity contribution is -0.140. The van der Waals surface area contributed by atoms with Crippen LogP contribution in [0.3, 0.4) is 0 Å². The van der Waals surface area contributed by atoms with Gasteiger partial charge >= 0.3 is 0 Å². The molecule has 2 unspecified atom stereocenters. The molecule has 0 saturated carbocycles. The number of carbonyl (C=O) groups is 2. The Morgan fingerprint density at radius 3 is 2.41 bits per heavy atom. The minimum absolute atomic E-state index is 0.0178. The number of benzene rings is 1. The molecule has 0 bridgehead atoms. The first-order chi connectivity index (χ1) is 13.2. The molecule has 0 aromatic heterocycles. The van der Waals surface area contributed by atoms with Gasteiger partial charge in [0.25, 0.3) is 0 Å². The van der Waals surface area contributed by atoms with E-state index >= 15 is 0 Å². The van der Waals surface area contributed by atoms with E-state index in [9.17, 15) is 9.59 Å².